The summed E-state index contributed by atoms with van der Waals surface area (Å²) in [7, 11) is 1.76. The molecule has 2 atom stereocenters. The predicted octanol–water partition coefficient (Wildman–Crippen LogP) is 11.6. The first kappa shape index (κ1) is 36.8. The number of fused-ring (bicyclic) bond motifs is 2. The summed E-state index contributed by atoms with van der Waals surface area (Å²) >= 11 is 0. The predicted molar refractivity (Wildman–Crippen MR) is 212 cm³/mol. The quantitative estimate of drug-likeness (QED) is 0.211. The third kappa shape index (κ3) is 9.11. The number of nitrogens with zero attached hydrogens (tertiary/aromatic N) is 2. The minimum atomic E-state index is 0.0257. The molecule has 5 rings (SSSR count). The van der Waals surface area contributed by atoms with Crippen molar-refractivity contribution in [1.82, 2.24) is 9.97 Å². The first-order chi connectivity index (χ1) is 23.9. The van der Waals surface area contributed by atoms with Gasteiger partial charge >= 0.3 is 0 Å². The van der Waals surface area contributed by atoms with Crippen molar-refractivity contribution in [2.24, 2.45) is 11.8 Å². The molecule has 49 heavy (non-hydrogen) atoms. The van der Waals surface area contributed by atoms with Crippen molar-refractivity contribution in [2.45, 2.75) is 53.9 Å². The van der Waals surface area contributed by atoms with Crippen LogP contribution < -0.4 is 0 Å². The Balaban J connectivity index is 0.00000265. The number of benzene rings is 1. The average Bonchev–Trinajstić information content (AvgIpc) is 3.53. The van der Waals surface area contributed by atoms with Crippen molar-refractivity contribution in [2.75, 3.05) is 13.7 Å². The molecule has 0 bridgehead atoms. The zero-order valence-electron chi connectivity index (χ0n) is 30.0. The highest BCUT2D eigenvalue weighted by Crippen LogP contribution is 2.37. The third-order valence-electron chi connectivity index (χ3n) is 8.91. The fourth-order valence-electron chi connectivity index (χ4n) is 6.46. The molecule has 3 aliphatic rings. The van der Waals surface area contributed by atoms with E-state index in [0.29, 0.717) is 17.9 Å². The standard InChI is InChI=1S/C44H44N2O.C2H6/c1-7-9-13-24-38-31(3)27-36-22-16-12-17-23-37(36)28-32(4)39(40(30-47-6)33(38)5)29-34(8-2)43-44(35-20-14-10-11-15-21-35)46-42-26-19-18-25-41(42)45-43;1-2/h2,7,9-20,23,25-29,31-32H,1,21-22,24,30H2,3-6H3;1-2H3/b13-9-,34-29+,36-27-,37-28-,38-33-,40-39-;. The molecule has 0 aliphatic heterocycles. The highest BCUT2D eigenvalue weighted by atomic mass is 16.5. The molecule has 0 N–H and O–H groups in total. The fraction of sp³-hybridized carbons (Fsp3) is 0.261. The lowest BCUT2D eigenvalue weighted by molar-refractivity contribution is 0.226. The monoisotopic (exact) mass is 646 g/mol. The second-order valence-corrected chi connectivity index (χ2v) is 12.1. The van der Waals surface area contributed by atoms with Crippen LogP contribution in [-0.2, 0) is 4.74 Å². The molecule has 0 amide bonds. The van der Waals surface area contributed by atoms with Crippen molar-refractivity contribution >= 4 is 22.2 Å². The van der Waals surface area contributed by atoms with Crippen LogP contribution in [0.1, 0.15) is 65.3 Å². The molecule has 0 radical (unpaired) electrons. The number of aromatic nitrogens is 2. The molecule has 3 heteroatoms. The van der Waals surface area contributed by atoms with Gasteiger partial charge in [0.2, 0.25) is 0 Å². The number of methoxy groups -OCH3 is 1. The van der Waals surface area contributed by atoms with Crippen LogP contribution >= 0.6 is 0 Å². The van der Waals surface area contributed by atoms with Gasteiger partial charge in [-0.05, 0) is 83.8 Å². The molecule has 1 heterocycles. The zero-order valence-corrected chi connectivity index (χ0v) is 30.0. The van der Waals surface area contributed by atoms with Gasteiger partial charge in [-0.15, -0.1) is 6.42 Å². The molecular weight excluding hydrogens is 597 g/mol. The number of hydrogen-bond acceptors (Lipinski definition) is 3. The van der Waals surface area contributed by atoms with Crippen molar-refractivity contribution in [3.8, 4) is 12.3 Å². The van der Waals surface area contributed by atoms with E-state index in [2.05, 4.69) is 100 Å². The molecule has 3 nitrogen and oxygen atoms in total. The molecule has 250 valence electrons. The molecule has 0 saturated carbocycles. The van der Waals surface area contributed by atoms with Gasteiger partial charge in [0.1, 0.15) is 5.69 Å². The molecule has 2 unspecified atom stereocenters. The summed E-state index contributed by atoms with van der Waals surface area (Å²) in [4.78, 5) is 10.3. The van der Waals surface area contributed by atoms with Gasteiger partial charge in [-0.2, -0.15) is 0 Å². The second-order valence-electron chi connectivity index (χ2n) is 12.1. The van der Waals surface area contributed by atoms with E-state index in [1.165, 1.54) is 22.3 Å². The van der Waals surface area contributed by atoms with E-state index in [9.17, 15) is 0 Å². The maximum atomic E-state index is 6.42. The molecule has 2 aromatic rings. The van der Waals surface area contributed by atoms with Crippen LogP contribution in [0.15, 0.2) is 155 Å². The highest BCUT2D eigenvalue weighted by molar-refractivity contribution is 5.89. The largest absolute Gasteiger partial charge is 0.380 e. The van der Waals surface area contributed by atoms with E-state index in [4.69, 9.17) is 21.1 Å². The molecule has 3 aliphatic carbocycles. The maximum absolute atomic E-state index is 6.42. The van der Waals surface area contributed by atoms with Crippen LogP contribution in [0.5, 0.6) is 0 Å². The van der Waals surface area contributed by atoms with Gasteiger partial charge in [-0.3, -0.25) is 0 Å². The summed E-state index contributed by atoms with van der Waals surface area (Å²) in [6.07, 6.45) is 41.0. The lowest BCUT2D eigenvalue weighted by atomic mass is 9.81. The topological polar surface area (TPSA) is 35.0 Å². The summed E-state index contributed by atoms with van der Waals surface area (Å²) in [6, 6.07) is 7.98. The molecule has 0 saturated heterocycles. The first-order valence-corrected chi connectivity index (χ1v) is 17.4. The van der Waals surface area contributed by atoms with E-state index >= 15 is 0 Å². The number of para-hydroxylation sites is 2. The first-order valence-electron chi connectivity index (χ1n) is 17.4. The van der Waals surface area contributed by atoms with Crippen LogP contribution in [0.4, 0.5) is 0 Å². The van der Waals surface area contributed by atoms with E-state index in [1.54, 1.807) is 7.11 Å². The SMILES string of the molecule is C#C\C(=C/C1=C(COC)/C(C)=C(/C/C=C\C=C)C(C)/C=C2/CC=CC=C/C2=C/C1C)c1nc2ccccc2nc1C1=CC=CC=CC1.CC. The van der Waals surface area contributed by atoms with Gasteiger partial charge in [0, 0.05) is 13.0 Å². The smallest absolute Gasteiger partial charge is 0.105 e. The average molecular weight is 647 g/mol. The molecule has 1 aromatic heterocycles. The van der Waals surface area contributed by atoms with Crippen LogP contribution in [-0.4, -0.2) is 23.7 Å². The van der Waals surface area contributed by atoms with Gasteiger partial charge in [-0.25, -0.2) is 9.97 Å². The Bertz CT molecular complexity index is 1920. The van der Waals surface area contributed by atoms with Crippen LogP contribution in [0.25, 0.3) is 22.2 Å². The molecule has 0 spiro atoms. The van der Waals surface area contributed by atoms with Crippen molar-refractivity contribution in [3.63, 3.8) is 0 Å². The number of terminal acetylenes is 1. The Kier molecular flexibility index (Phi) is 13.9. The van der Waals surface area contributed by atoms with Crippen molar-refractivity contribution in [3.05, 3.63) is 167 Å². The van der Waals surface area contributed by atoms with Crippen molar-refractivity contribution < 1.29 is 4.74 Å². The van der Waals surface area contributed by atoms with Gasteiger partial charge in [0.25, 0.3) is 0 Å². The molecule has 1 aromatic carbocycles. The Labute approximate surface area is 294 Å². The van der Waals surface area contributed by atoms with Crippen LogP contribution in [0, 0.1) is 24.2 Å². The van der Waals surface area contributed by atoms with Gasteiger partial charge < -0.3 is 4.74 Å². The van der Waals surface area contributed by atoms with E-state index in [0.717, 1.165) is 52.7 Å². The van der Waals surface area contributed by atoms with E-state index < -0.39 is 0 Å². The van der Waals surface area contributed by atoms with Gasteiger partial charge in [-0.1, -0.05) is 143 Å². The number of ether oxygens (including phenoxy) is 1. The highest BCUT2D eigenvalue weighted by Gasteiger charge is 2.23. The number of rotatable bonds is 8. The Morgan fingerprint density at radius 3 is 2.39 bits per heavy atom. The maximum Gasteiger partial charge on any atom is 0.105 e. The fourth-order valence-corrected chi connectivity index (χ4v) is 6.46. The van der Waals surface area contributed by atoms with Crippen molar-refractivity contribution in [1.29, 1.82) is 0 Å². The zero-order chi connectivity index (χ0) is 35.2. The van der Waals surface area contributed by atoms with E-state index in [1.807, 2.05) is 62.4 Å². The normalized spacial score (nSPS) is 24.8. The Morgan fingerprint density at radius 1 is 0.959 bits per heavy atom. The van der Waals surface area contributed by atoms with Crippen LogP contribution in [0.2, 0.25) is 0 Å². The Morgan fingerprint density at radius 2 is 1.67 bits per heavy atom. The minimum absolute atomic E-state index is 0.0257. The molecule has 0 fully saturated rings. The van der Waals surface area contributed by atoms with Gasteiger partial charge in [0.15, 0.2) is 0 Å². The van der Waals surface area contributed by atoms with Gasteiger partial charge in [0.05, 0.1) is 28.9 Å². The third-order valence-corrected chi connectivity index (χ3v) is 8.91. The summed E-state index contributed by atoms with van der Waals surface area (Å²) in [5, 5.41) is 0. The van der Waals surface area contributed by atoms with Crippen LogP contribution in [0.3, 0.4) is 0 Å². The summed E-state index contributed by atoms with van der Waals surface area (Å²) in [6.45, 7) is 15.1. The number of allylic oxidation sites excluding steroid dienone is 21. The lowest BCUT2D eigenvalue weighted by Gasteiger charge is -2.25. The molecular formula is C46H50N2O. The second kappa shape index (κ2) is 18.5. The lowest BCUT2D eigenvalue weighted by Crippen LogP contribution is -2.12. The summed E-state index contributed by atoms with van der Waals surface area (Å²) in [5.74, 6) is 3.28. The number of hydrogen-bond donors (Lipinski definition) is 0. The van der Waals surface area contributed by atoms with E-state index in [-0.39, 0.29) is 11.8 Å². The summed E-state index contributed by atoms with van der Waals surface area (Å²) in [5.41, 5.74) is 12.3. The summed E-state index contributed by atoms with van der Waals surface area (Å²) < 4.78 is 5.93. The Hall–Kier alpha value is -5.04. The minimum Gasteiger partial charge on any atom is -0.380 e.